The van der Waals surface area contributed by atoms with Gasteiger partial charge in [0.25, 0.3) is 0 Å². The molecule has 2 heterocycles. The van der Waals surface area contributed by atoms with E-state index < -0.39 is 0 Å². The minimum atomic E-state index is -0.243. The molecule has 166 valence electrons. The van der Waals surface area contributed by atoms with Gasteiger partial charge >= 0.3 is 6.03 Å². The number of hydrogen-bond acceptors (Lipinski definition) is 2. The molecule has 0 unspecified atom stereocenters. The first kappa shape index (κ1) is 20.9. The first-order chi connectivity index (χ1) is 16.2. The van der Waals surface area contributed by atoms with E-state index in [2.05, 4.69) is 53.3 Å². The van der Waals surface area contributed by atoms with Gasteiger partial charge in [-0.3, -0.25) is 0 Å². The van der Waals surface area contributed by atoms with Crippen LogP contribution in [0.25, 0.3) is 5.69 Å². The summed E-state index contributed by atoms with van der Waals surface area (Å²) < 4.78 is 7.95. The van der Waals surface area contributed by atoms with Crippen molar-refractivity contribution < 1.29 is 9.53 Å². The van der Waals surface area contributed by atoms with Crippen molar-refractivity contribution in [2.75, 3.05) is 11.9 Å². The van der Waals surface area contributed by atoms with Crippen LogP contribution < -0.4 is 10.1 Å². The number of benzene rings is 3. The average Bonchev–Trinajstić information content (AvgIpc) is 3.26. The third-order valence-corrected chi connectivity index (χ3v) is 6.14. The fraction of sp³-hybridized carbons (Fsp3) is 0.179. The zero-order valence-corrected chi connectivity index (χ0v) is 18.9. The minimum Gasteiger partial charge on any atom is -0.492 e. The summed E-state index contributed by atoms with van der Waals surface area (Å²) in [5.74, 6) is 0.666. The Morgan fingerprint density at radius 1 is 0.970 bits per heavy atom. The van der Waals surface area contributed by atoms with E-state index in [4.69, 9.17) is 4.74 Å². The molecule has 0 aliphatic carbocycles. The summed E-state index contributed by atoms with van der Waals surface area (Å²) in [6.45, 7) is 5.05. The molecule has 4 aromatic rings. The summed E-state index contributed by atoms with van der Waals surface area (Å²) in [6.07, 6.45) is 2.07. The summed E-state index contributed by atoms with van der Waals surface area (Å²) in [7, 11) is 0. The molecule has 5 rings (SSSR count). The van der Waals surface area contributed by atoms with E-state index in [1.807, 2.05) is 66.4 Å². The van der Waals surface area contributed by atoms with Crippen molar-refractivity contribution in [2.45, 2.75) is 26.4 Å². The lowest BCUT2D eigenvalue weighted by Gasteiger charge is -2.32. The van der Waals surface area contributed by atoms with Crippen molar-refractivity contribution in [3.05, 3.63) is 114 Å². The molecule has 5 nitrogen and oxygen atoms in total. The maximum absolute atomic E-state index is 13.9. The highest BCUT2D eigenvalue weighted by Gasteiger charge is 2.33. The molecule has 0 fully saturated rings. The van der Waals surface area contributed by atoms with Crippen molar-refractivity contribution in [1.29, 1.82) is 0 Å². The number of rotatable bonds is 4. The smallest absolute Gasteiger partial charge is 0.323 e. The second kappa shape index (κ2) is 8.87. The number of urea groups is 1. The van der Waals surface area contributed by atoms with Crippen LogP contribution in [0.3, 0.4) is 0 Å². The van der Waals surface area contributed by atoms with Gasteiger partial charge in [0.15, 0.2) is 0 Å². The van der Waals surface area contributed by atoms with E-state index in [0.29, 0.717) is 24.6 Å². The summed E-state index contributed by atoms with van der Waals surface area (Å²) >= 11 is 0. The third kappa shape index (κ3) is 3.87. The van der Waals surface area contributed by atoms with Crippen molar-refractivity contribution in [2.24, 2.45) is 0 Å². The summed E-state index contributed by atoms with van der Waals surface area (Å²) in [5, 5.41) is 3.12. The molecule has 1 aliphatic heterocycles. The standard InChI is InChI=1S/C28H27N3O2/c1-3-33-26-17-9-7-14-23(26)29-28(32)31-19-21-12-5-8-15-24(21)30-18-10-16-25(30)27(31)22-13-6-4-11-20(22)2/h4-18,27H,3,19H2,1-2H3,(H,29,32)/t27-/m0/s1. The van der Waals surface area contributed by atoms with Crippen molar-refractivity contribution in [1.82, 2.24) is 9.47 Å². The van der Waals surface area contributed by atoms with Crippen LogP contribution in [0.5, 0.6) is 5.75 Å². The largest absolute Gasteiger partial charge is 0.492 e. The topological polar surface area (TPSA) is 46.5 Å². The maximum atomic E-state index is 13.9. The molecule has 5 heteroatoms. The van der Waals surface area contributed by atoms with E-state index in [9.17, 15) is 4.79 Å². The molecule has 3 aromatic carbocycles. The number of nitrogens with zero attached hydrogens (tertiary/aromatic N) is 2. The number of ether oxygens (including phenoxy) is 1. The lowest BCUT2D eigenvalue weighted by Crippen LogP contribution is -2.38. The Balaban J connectivity index is 1.63. The number of aryl methyl sites for hydroxylation is 1. The first-order valence-corrected chi connectivity index (χ1v) is 11.3. The number of aromatic nitrogens is 1. The average molecular weight is 438 g/mol. The molecule has 0 saturated carbocycles. The van der Waals surface area contributed by atoms with Gasteiger partial charge in [-0.05, 0) is 60.9 Å². The molecule has 0 saturated heterocycles. The zero-order valence-electron chi connectivity index (χ0n) is 18.9. The number of para-hydroxylation sites is 3. The van der Waals surface area contributed by atoms with Gasteiger partial charge in [0.2, 0.25) is 0 Å². The fourth-order valence-electron chi connectivity index (χ4n) is 4.60. The Bertz CT molecular complexity index is 1290. The van der Waals surface area contributed by atoms with Crippen LogP contribution in [-0.2, 0) is 6.54 Å². The molecule has 0 spiro atoms. The van der Waals surface area contributed by atoms with Crippen LogP contribution >= 0.6 is 0 Å². The fourth-order valence-corrected chi connectivity index (χ4v) is 4.60. The molecule has 1 aromatic heterocycles. The Morgan fingerprint density at radius 3 is 2.58 bits per heavy atom. The van der Waals surface area contributed by atoms with E-state index in [1.54, 1.807) is 0 Å². The normalized spacial score (nSPS) is 14.7. The number of carbonyl (C=O) groups is 1. The first-order valence-electron chi connectivity index (χ1n) is 11.3. The van der Waals surface area contributed by atoms with Gasteiger partial charge in [0.05, 0.1) is 24.5 Å². The van der Waals surface area contributed by atoms with Gasteiger partial charge in [-0.15, -0.1) is 0 Å². The highest BCUT2D eigenvalue weighted by molar-refractivity contribution is 5.91. The molecule has 0 radical (unpaired) electrons. The predicted octanol–water partition coefficient (Wildman–Crippen LogP) is 6.32. The lowest BCUT2D eigenvalue weighted by molar-refractivity contribution is 0.194. The number of carbonyl (C=O) groups excluding carboxylic acids is 1. The van der Waals surface area contributed by atoms with Crippen LogP contribution in [-0.4, -0.2) is 22.1 Å². The van der Waals surface area contributed by atoms with E-state index in [0.717, 1.165) is 28.1 Å². The molecule has 33 heavy (non-hydrogen) atoms. The Labute approximate surface area is 194 Å². The quantitative estimate of drug-likeness (QED) is 0.406. The van der Waals surface area contributed by atoms with Crippen LogP contribution in [0.15, 0.2) is 91.1 Å². The summed E-state index contributed by atoms with van der Waals surface area (Å²) in [5.41, 5.74) is 6.18. The number of anilines is 1. The molecule has 1 aliphatic rings. The molecule has 0 bridgehead atoms. The van der Waals surface area contributed by atoms with Crippen LogP contribution in [0.4, 0.5) is 10.5 Å². The van der Waals surface area contributed by atoms with Crippen LogP contribution in [0.2, 0.25) is 0 Å². The molecule has 2 amide bonds. The van der Waals surface area contributed by atoms with E-state index >= 15 is 0 Å². The molecule has 1 N–H and O–H groups in total. The predicted molar refractivity (Wildman–Crippen MR) is 131 cm³/mol. The Hall–Kier alpha value is -3.99. The second-order valence-corrected chi connectivity index (χ2v) is 8.18. The van der Waals surface area contributed by atoms with E-state index in [-0.39, 0.29) is 12.1 Å². The van der Waals surface area contributed by atoms with Gasteiger partial charge in [-0.25, -0.2) is 4.79 Å². The van der Waals surface area contributed by atoms with Crippen molar-refractivity contribution in [3.8, 4) is 11.4 Å². The van der Waals surface area contributed by atoms with Crippen molar-refractivity contribution in [3.63, 3.8) is 0 Å². The maximum Gasteiger partial charge on any atom is 0.323 e. The number of amides is 2. The molecular weight excluding hydrogens is 410 g/mol. The van der Waals surface area contributed by atoms with Gasteiger partial charge in [0.1, 0.15) is 11.8 Å². The highest BCUT2D eigenvalue weighted by Crippen LogP contribution is 2.38. The zero-order chi connectivity index (χ0) is 22.8. The number of hydrogen-bond donors (Lipinski definition) is 1. The highest BCUT2D eigenvalue weighted by atomic mass is 16.5. The number of fused-ring (bicyclic) bond motifs is 3. The molecule has 1 atom stereocenters. The minimum absolute atomic E-state index is 0.167. The lowest BCUT2D eigenvalue weighted by atomic mass is 9.97. The Kier molecular flexibility index (Phi) is 5.61. The van der Waals surface area contributed by atoms with Crippen LogP contribution in [0, 0.1) is 6.92 Å². The van der Waals surface area contributed by atoms with Crippen molar-refractivity contribution >= 4 is 11.7 Å². The SMILES string of the molecule is CCOc1ccccc1NC(=O)N1Cc2ccccc2-n2cccc2[C@@H]1c1ccccc1C. The summed E-state index contributed by atoms with van der Waals surface area (Å²) in [4.78, 5) is 15.8. The van der Waals surface area contributed by atoms with Gasteiger partial charge < -0.3 is 19.5 Å². The Morgan fingerprint density at radius 2 is 1.73 bits per heavy atom. The number of nitrogens with one attached hydrogen (secondary N) is 1. The van der Waals surface area contributed by atoms with Crippen LogP contribution in [0.1, 0.15) is 35.3 Å². The van der Waals surface area contributed by atoms with Gasteiger partial charge in [-0.1, -0.05) is 54.6 Å². The third-order valence-electron chi connectivity index (χ3n) is 6.14. The molecular formula is C28H27N3O2. The van der Waals surface area contributed by atoms with Gasteiger partial charge in [0, 0.05) is 11.9 Å². The monoisotopic (exact) mass is 437 g/mol. The van der Waals surface area contributed by atoms with Gasteiger partial charge in [-0.2, -0.15) is 0 Å². The summed E-state index contributed by atoms with van der Waals surface area (Å²) in [6, 6.07) is 27.9. The second-order valence-electron chi connectivity index (χ2n) is 8.18. The van der Waals surface area contributed by atoms with E-state index in [1.165, 1.54) is 0 Å².